The second-order valence-corrected chi connectivity index (χ2v) is 9.47. The molecule has 1 heterocycles. The van der Waals surface area contributed by atoms with E-state index in [1.54, 1.807) is 36.4 Å². The van der Waals surface area contributed by atoms with Gasteiger partial charge in [-0.05, 0) is 60.7 Å². The molecule has 0 aliphatic carbocycles. The van der Waals surface area contributed by atoms with Crippen molar-refractivity contribution in [2.24, 2.45) is 0 Å². The van der Waals surface area contributed by atoms with Crippen molar-refractivity contribution in [3.63, 3.8) is 0 Å². The van der Waals surface area contributed by atoms with Gasteiger partial charge >= 0.3 is 0 Å². The molecule has 4 rings (SSSR count). The topological polar surface area (TPSA) is 92.4 Å². The van der Waals surface area contributed by atoms with E-state index in [1.165, 1.54) is 21.3 Å². The maximum atomic E-state index is 13.0. The standard InChI is InChI=1S/C28H29ClN4O5S/c1-36-23-16-19(17-24(37-2)25(23)38-3)26(34)31-28(39)30-21-6-4-5-7-22(21)32-12-14-33(15-13-32)27(35)18-8-10-20(29)11-9-18/h4-11,16-17H,12-15H2,1-3H3,(H2,30,31,34,39). The number of thiocarbonyl (C=S) groups is 1. The van der Waals surface area contributed by atoms with Gasteiger partial charge in [0.15, 0.2) is 16.6 Å². The Kier molecular flexibility index (Phi) is 9.11. The molecule has 39 heavy (non-hydrogen) atoms. The molecule has 0 radical (unpaired) electrons. The van der Waals surface area contributed by atoms with Crippen LogP contribution >= 0.6 is 23.8 Å². The Hall–Kier alpha value is -4.02. The van der Waals surface area contributed by atoms with Crippen LogP contribution in [0.15, 0.2) is 60.7 Å². The van der Waals surface area contributed by atoms with Gasteiger partial charge in [-0.2, -0.15) is 0 Å². The van der Waals surface area contributed by atoms with Crippen LogP contribution in [0.2, 0.25) is 5.02 Å². The molecule has 3 aromatic carbocycles. The van der Waals surface area contributed by atoms with Gasteiger partial charge in [0.1, 0.15) is 0 Å². The number of amides is 2. The lowest BCUT2D eigenvalue weighted by Gasteiger charge is -2.37. The predicted octanol–water partition coefficient (Wildman–Crippen LogP) is 4.46. The molecule has 2 N–H and O–H groups in total. The van der Waals surface area contributed by atoms with E-state index in [-0.39, 0.29) is 11.0 Å². The number of nitrogens with zero attached hydrogens (tertiary/aromatic N) is 2. The maximum absolute atomic E-state index is 13.0. The first-order valence-corrected chi connectivity index (χ1v) is 12.9. The van der Waals surface area contributed by atoms with Gasteiger partial charge in [-0.15, -0.1) is 0 Å². The lowest BCUT2D eigenvalue weighted by Crippen LogP contribution is -2.49. The molecule has 2 amide bonds. The Morgan fingerprint density at radius 1 is 0.846 bits per heavy atom. The summed E-state index contributed by atoms with van der Waals surface area (Å²) >= 11 is 11.4. The molecular formula is C28H29ClN4O5S. The van der Waals surface area contributed by atoms with Crippen molar-refractivity contribution >= 4 is 52.1 Å². The molecule has 0 spiro atoms. The summed E-state index contributed by atoms with van der Waals surface area (Å²) in [7, 11) is 4.46. The number of carbonyl (C=O) groups excluding carboxylic acids is 2. The third-order valence-electron chi connectivity index (χ3n) is 6.30. The average Bonchev–Trinajstić information content (AvgIpc) is 2.96. The van der Waals surface area contributed by atoms with E-state index < -0.39 is 5.91 Å². The molecule has 0 unspecified atom stereocenters. The highest BCUT2D eigenvalue weighted by Gasteiger charge is 2.24. The molecule has 0 aromatic heterocycles. The molecular weight excluding hydrogens is 540 g/mol. The van der Waals surface area contributed by atoms with E-state index in [0.29, 0.717) is 59.6 Å². The number of nitrogens with one attached hydrogen (secondary N) is 2. The van der Waals surface area contributed by atoms with Gasteiger partial charge in [0.25, 0.3) is 11.8 Å². The van der Waals surface area contributed by atoms with Crippen LogP contribution in [0.1, 0.15) is 20.7 Å². The van der Waals surface area contributed by atoms with E-state index in [4.69, 9.17) is 38.0 Å². The number of halogens is 1. The first kappa shape index (κ1) is 28.0. The Bertz CT molecular complexity index is 1340. The number of piperazine rings is 1. The first-order valence-electron chi connectivity index (χ1n) is 12.2. The Morgan fingerprint density at radius 3 is 2.05 bits per heavy atom. The molecule has 9 nitrogen and oxygen atoms in total. The molecule has 0 atom stereocenters. The number of rotatable bonds is 7. The second kappa shape index (κ2) is 12.7. The monoisotopic (exact) mass is 568 g/mol. The third-order valence-corrected chi connectivity index (χ3v) is 6.76. The smallest absolute Gasteiger partial charge is 0.257 e. The molecule has 0 saturated carbocycles. The van der Waals surface area contributed by atoms with E-state index in [0.717, 1.165) is 11.4 Å². The summed E-state index contributed by atoms with van der Waals surface area (Å²) < 4.78 is 16.0. The Balaban J connectivity index is 1.40. The molecule has 0 bridgehead atoms. The summed E-state index contributed by atoms with van der Waals surface area (Å²) in [5.74, 6) is 0.660. The zero-order valence-corrected chi connectivity index (χ0v) is 23.4. The summed E-state index contributed by atoms with van der Waals surface area (Å²) in [4.78, 5) is 29.8. The van der Waals surface area contributed by atoms with Gasteiger partial charge in [-0.3, -0.25) is 14.9 Å². The van der Waals surface area contributed by atoms with E-state index >= 15 is 0 Å². The summed E-state index contributed by atoms with van der Waals surface area (Å²) in [6.07, 6.45) is 0. The van der Waals surface area contributed by atoms with Gasteiger partial charge < -0.3 is 29.3 Å². The summed E-state index contributed by atoms with van der Waals surface area (Å²) in [5, 5.41) is 6.57. The predicted molar refractivity (Wildman–Crippen MR) is 156 cm³/mol. The van der Waals surface area contributed by atoms with Crippen LogP contribution in [-0.2, 0) is 0 Å². The highest BCUT2D eigenvalue weighted by Crippen LogP contribution is 2.38. The van der Waals surface area contributed by atoms with Crippen molar-refractivity contribution in [1.82, 2.24) is 10.2 Å². The number of carbonyl (C=O) groups is 2. The maximum Gasteiger partial charge on any atom is 0.257 e. The molecule has 204 valence electrons. The van der Waals surface area contributed by atoms with E-state index in [2.05, 4.69) is 15.5 Å². The Labute approximate surface area is 237 Å². The fraction of sp³-hybridized carbons (Fsp3) is 0.250. The number of benzene rings is 3. The Morgan fingerprint density at radius 2 is 1.46 bits per heavy atom. The number of anilines is 2. The van der Waals surface area contributed by atoms with Crippen LogP contribution < -0.4 is 29.7 Å². The lowest BCUT2D eigenvalue weighted by atomic mass is 10.1. The molecule has 11 heteroatoms. The summed E-state index contributed by atoms with van der Waals surface area (Å²) in [5.41, 5.74) is 2.57. The molecule has 1 fully saturated rings. The van der Waals surface area contributed by atoms with Crippen molar-refractivity contribution < 1.29 is 23.8 Å². The van der Waals surface area contributed by atoms with Crippen LogP contribution in [0.3, 0.4) is 0 Å². The molecule has 1 aliphatic heterocycles. The SMILES string of the molecule is COc1cc(C(=O)NC(=S)Nc2ccccc2N2CCN(C(=O)c3ccc(Cl)cc3)CC2)cc(OC)c1OC. The first-order chi connectivity index (χ1) is 18.8. The van der Waals surface area contributed by atoms with Crippen LogP contribution in [0.5, 0.6) is 17.2 Å². The highest BCUT2D eigenvalue weighted by molar-refractivity contribution is 7.80. The normalized spacial score (nSPS) is 12.9. The molecule has 1 saturated heterocycles. The fourth-order valence-corrected chi connectivity index (χ4v) is 4.65. The largest absolute Gasteiger partial charge is 0.493 e. The summed E-state index contributed by atoms with van der Waals surface area (Å²) in [6.45, 7) is 2.42. The van der Waals surface area contributed by atoms with E-state index in [1.807, 2.05) is 29.2 Å². The number of hydrogen-bond acceptors (Lipinski definition) is 7. The van der Waals surface area contributed by atoms with Crippen molar-refractivity contribution in [2.45, 2.75) is 0 Å². The van der Waals surface area contributed by atoms with Crippen LogP contribution in [-0.4, -0.2) is 69.3 Å². The molecule has 1 aliphatic rings. The lowest BCUT2D eigenvalue weighted by molar-refractivity contribution is 0.0746. The van der Waals surface area contributed by atoms with Gasteiger partial charge in [-0.25, -0.2) is 0 Å². The third kappa shape index (κ3) is 6.52. The number of hydrogen-bond donors (Lipinski definition) is 2. The zero-order valence-electron chi connectivity index (χ0n) is 21.8. The number of methoxy groups -OCH3 is 3. The van der Waals surface area contributed by atoms with Crippen molar-refractivity contribution in [1.29, 1.82) is 0 Å². The second-order valence-electron chi connectivity index (χ2n) is 8.63. The van der Waals surface area contributed by atoms with E-state index in [9.17, 15) is 9.59 Å². The summed E-state index contributed by atoms with van der Waals surface area (Å²) in [6, 6.07) is 17.7. The molecule has 3 aromatic rings. The quantitative estimate of drug-likeness (QED) is 0.404. The van der Waals surface area contributed by atoms with Gasteiger partial charge in [-0.1, -0.05) is 23.7 Å². The van der Waals surface area contributed by atoms with Gasteiger partial charge in [0, 0.05) is 42.3 Å². The fourth-order valence-electron chi connectivity index (χ4n) is 4.32. The van der Waals surface area contributed by atoms with Crippen molar-refractivity contribution in [3.8, 4) is 17.2 Å². The highest BCUT2D eigenvalue weighted by atomic mass is 35.5. The van der Waals surface area contributed by atoms with Crippen LogP contribution in [0.4, 0.5) is 11.4 Å². The minimum Gasteiger partial charge on any atom is -0.493 e. The average molecular weight is 569 g/mol. The minimum atomic E-state index is -0.432. The van der Waals surface area contributed by atoms with Crippen molar-refractivity contribution in [3.05, 3.63) is 76.8 Å². The van der Waals surface area contributed by atoms with Crippen LogP contribution in [0, 0.1) is 0 Å². The van der Waals surface area contributed by atoms with Crippen LogP contribution in [0.25, 0.3) is 0 Å². The van der Waals surface area contributed by atoms with Crippen molar-refractivity contribution in [2.75, 3.05) is 57.7 Å². The van der Waals surface area contributed by atoms with Gasteiger partial charge in [0.2, 0.25) is 5.75 Å². The number of ether oxygens (including phenoxy) is 3. The van der Waals surface area contributed by atoms with Gasteiger partial charge in [0.05, 0.1) is 32.7 Å². The zero-order chi connectivity index (χ0) is 27.9. The minimum absolute atomic E-state index is 0.0200. The number of para-hydroxylation sites is 2.